The predicted octanol–water partition coefficient (Wildman–Crippen LogP) is 2.99. The molecule has 1 aliphatic rings. The summed E-state index contributed by atoms with van der Waals surface area (Å²) in [5, 5.41) is 2.85. The lowest BCUT2D eigenvalue weighted by molar-refractivity contribution is -0.116. The van der Waals surface area contributed by atoms with Gasteiger partial charge in [-0.3, -0.25) is 9.59 Å². The molecule has 0 bridgehead atoms. The average molecular weight is 310 g/mol. The van der Waals surface area contributed by atoms with Gasteiger partial charge in [0.15, 0.2) is 0 Å². The Morgan fingerprint density at radius 1 is 1.13 bits per heavy atom. The Kier molecular flexibility index (Phi) is 4.02. The van der Waals surface area contributed by atoms with E-state index in [4.69, 9.17) is 4.74 Å². The first-order chi connectivity index (χ1) is 11.0. The second-order valence-corrected chi connectivity index (χ2v) is 5.52. The Hall–Kier alpha value is -2.82. The highest BCUT2D eigenvalue weighted by Gasteiger charge is 2.21. The third-order valence-corrected chi connectivity index (χ3v) is 3.77. The molecular weight excluding hydrogens is 292 g/mol. The molecule has 5 nitrogen and oxygen atoms in total. The Balaban J connectivity index is 1.81. The fraction of sp³-hybridized carbons (Fsp3) is 0.222. The van der Waals surface area contributed by atoms with Crippen molar-refractivity contribution in [1.82, 2.24) is 0 Å². The van der Waals surface area contributed by atoms with Crippen LogP contribution in [0.4, 0.5) is 11.4 Å². The zero-order valence-corrected chi connectivity index (χ0v) is 13.1. The van der Waals surface area contributed by atoms with Crippen LogP contribution in [0.2, 0.25) is 0 Å². The molecule has 0 atom stereocenters. The normalized spacial score (nSPS) is 13.0. The lowest BCUT2D eigenvalue weighted by Crippen LogP contribution is -2.36. The monoisotopic (exact) mass is 310 g/mol. The minimum atomic E-state index is -0.177. The van der Waals surface area contributed by atoms with Gasteiger partial charge in [0.25, 0.3) is 5.91 Å². The summed E-state index contributed by atoms with van der Waals surface area (Å²) in [5.74, 6) is 0.406. The molecule has 2 aromatic carbocycles. The Labute approximate surface area is 134 Å². The molecule has 23 heavy (non-hydrogen) atoms. The van der Waals surface area contributed by atoms with E-state index in [1.807, 2.05) is 19.1 Å². The molecular formula is C18H18N2O3. The molecule has 0 radical (unpaired) electrons. The maximum Gasteiger partial charge on any atom is 0.255 e. The minimum absolute atomic E-state index is 0.0222. The number of rotatable bonds is 2. The molecule has 0 fully saturated rings. The van der Waals surface area contributed by atoms with Crippen LogP contribution in [0.5, 0.6) is 5.75 Å². The van der Waals surface area contributed by atoms with Gasteiger partial charge in [-0.15, -0.1) is 0 Å². The predicted molar refractivity (Wildman–Crippen MR) is 89.1 cm³/mol. The SMILES string of the molecule is CC(=O)N1CCOc2cc(NC(=O)c3ccc(C)cc3)ccc21. The number of benzene rings is 2. The fourth-order valence-electron chi connectivity index (χ4n) is 2.53. The number of fused-ring (bicyclic) bond motifs is 1. The van der Waals surface area contributed by atoms with Crippen molar-refractivity contribution in [3.63, 3.8) is 0 Å². The van der Waals surface area contributed by atoms with E-state index in [0.717, 1.165) is 11.3 Å². The van der Waals surface area contributed by atoms with Crippen LogP contribution in [0.1, 0.15) is 22.8 Å². The summed E-state index contributed by atoms with van der Waals surface area (Å²) in [6, 6.07) is 12.7. The summed E-state index contributed by atoms with van der Waals surface area (Å²) in [6.07, 6.45) is 0. The Morgan fingerprint density at radius 2 is 1.87 bits per heavy atom. The fourth-order valence-corrected chi connectivity index (χ4v) is 2.53. The summed E-state index contributed by atoms with van der Waals surface area (Å²) in [6.45, 7) is 4.49. The number of aryl methyl sites for hydroxylation is 1. The van der Waals surface area contributed by atoms with Gasteiger partial charge < -0.3 is 15.0 Å². The lowest BCUT2D eigenvalue weighted by atomic mass is 10.1. The van der Waals surface area contributed by atoms with Gasteiger partial charge in [-0.05, 0) is 31.2 Å². The number of nitrogens with zero attached hydrogens (tertiary/aromatic N) is 1. The van der Waals surface area contributed by atoms with Crippen molar-refractivity contribution in [2.75, 3.05) is 23.4 Å². The van der Waals surface area contributed by atoms with E-state index in [0.29, 0.717) is 30.2 Å². The Morgan fingerprint density at radius 3 is 2.57 bits per heavy atom. The molecule has 2 amide bonds. The number of anilines is 2. The molecule has 1 heterocycles. The summed E-state index contributed by atoms with van der Waals surface area (Å²) in [5.41, 5.74) is 3.07. The van der Waals surface area contributed by atoms with Crippen molar-refractivity contribution in [2.45, 2.75) is 13.8 Å². The van der Waals surface area contributed by atoms with Crippen LogP contribution >= 0.6 is 0 Å². The molecule has 0 saturated carbocycles. The first kappa shape index (κ1) is 15.1. The van der Waals surface area contributed by atoms with Gasteiger partial charge >= 0.3 is 0 Å². The van der Waals surface area contributed by atoms with Gasteiger partial charge in [0, 0.05) is 24.2 Å². The van der Waals surface area contributed by atoms with Crippen molar-refractivity contribution >= 4 is 23.2 Å². The molecule has 2 aromatic rings. The van der Waals surface area contributed by atoms with Crippen molar-refractivity contribution < 1.29 is 14.3 Å². The molecule has 1 N–H and O–H groups in total. The smallest absolute Gasteiger partial charge is 0.255 e. The largest absolute Gasteiger partial charge is 0.489 e. The standard InChI is InChI=1S/C18H18N2O3/c1-12-3-5-14(6-4-12)18(22)19-15-7-8-16-17(11-15)23-10-9-20(16)13(2)21/h3-8,11H,9-10H2,1-2H3,(H,19,22). The summed E-state index contributed by atoms with van der Waals surface area (Å²) in [7, 11) is 0. The van der Waals surface area contributed by atoms with Crippen molar-refractivity contribution in [2.24, 2.45) is 0 Å². The Bertz CT molecular complexity index is 753. The molecule has 118 valence electrons. The highest BCUT2D eigenvalue weighted by molar-refractivity contribution is 6.04. The number of carbonyl (C=O) groups excluding carboxylic acids is 2. The van der Waals surface area contributed by atoms with E-state index in [9.17, 15) is 9.59 Å². The summed E-state index contributed by atoms with van der Waals surface area (Å²) < 4.78 is 5.60. The van der Waals surface area contributed by atoms with Crippen LogP contribution in [-0.4, -0.2) is 25.0 Å². The average Bonchev–Trinajstić information content (AvgIpc) is 2.54. The first-order valence-electron chi connectivity index (χ1n) is 7.47. The number of nitrogens with one attached hydrogen (secondary N) is 1. The van der Waals surface area contributed by atoms with Gasteiger partial charge in [0.05, 0.1) is 12.2 Å². The lowest BCUT2D eigenvalue weighted by Gasteiger charge is -2.29. The zero-order valence-electron chi connectivity index (χ0n) is 13.1. The molecule has 0 unspecified atom stereocenters. The van der Waals surface area contributed by atoms with Crippen LogP contribution in [-0.2, 0) is 4.79 Å². The molecule has 0 aromatic heterocycles. The third-order valence-electron chi connectivity index (χ3n) is 3.77. The van der Waals surface area contributed by atoms with Gasteiger partial charge in [-0.25, -0.2) is 0 Å². The van der Waals surface area contributed by atoms with Crippen molar-refractivity contribution in [3.8, 4) is 5.75 Å². The van der Waals surface area contributed by atoms with Crippen LogP contribution in [0, 0.1) is 6.92 Å². The molecule has 0 saturated heterocycles. The number of ether oxygens (including phenoxy) is 1. The summed E-state index contributed by atoms with van der Waals surface area (Å²) >= 11 is 0. The third kappa shape index (κ3) is 3.18. The first-order valence-corrected chi connectivity index (χ1v) is 7.47. The van der Waals surface area contributed by atoms with E-state index in [2.05, 4.69) is 5.32 Å². The number of amides is 2. The second-order valence-electron chi connectivity index (χ2n) is 5.52. The van der Waals surface area contributed by atoms with E-state index in [1.165, 1.54) is 6.92 Å². The van der Waals surface area contributed by atoms with Gasteiger partial charge in [-0.1, -0.05) is 17.7 Å². The van der Waals surface area contributed by atoms with Gasteiger partial charge in [0.1, 0.15) is 12.4 Å². The van der Waals surface area contributed by atoms with E-state index >= 15 is 0 Å². The molecule has 0 aliphatic carbocycles. The maximum absolute atomic E-state index is 12.2. The van der Waals surface area contributed by atoms with E-state index < -0.39 is 0 Å². The van der Waals surface area contributed by atoms with Gasteiger partial charge in [0.2, 0.25) is 5.91 Å². The number of hydrogen-bond donors (Lipinski definition) is 1. The van der Waals surface area contributed by atoms with Crippen molar-refractivity contribution in [3.05, 3.63) is 53.6 Å². The van der Waals surface area contributed by atoms with Crippen molar-refractivity contribution in [1.29, 1.82) is 0 Å². The van der Waals surface area contributed by atoms with Gasteiger partial charge in [-0.2, -0.15) is 0 Å². The van der Waals surface area contributed by atoms with E-state index in [1.54, 1.807) is 35.2 Å². The van der Waals surface area contributed by atoms with Crippen LogP contribution in [0.15, 0.2) is 42.5 Å². The van der Waals surface area contributed by atoms with E-state index in [-0.39, 0.29) is 11.8 Å². The minimum Gasteiger partial charge on any atom is -0.489 e. The zero-order chi connectivity index (χ0) is 16.4. The topological polar surface area (TPSA) is 58.6 Å². The highest BCUT2D eigenvalue weighted by atomic mass is 16.5. The quantitative estimate of drug-likeness (QED) is 0.927. The van der Waals surface area contributed by atoms with Crippen LogP contribution in [0.25, 0.3) is 0 Å². The summed E-state index contributed by atoms with van der Waals surface area (Å²) in [4.78, 5) is 25.6. The molecule has 3 rings (SSSR count). The maximum atomic E-state index is 12.2. The number of carbonyl (C=O) groups is 2. The molecule has 0 spiro atoms. The van der Waals surface area contributed by atoms with Crippen LogP contribution in [0.3, 0.4) is 0 Å². The highest BCUT2D eigenvalue weighted by Crippen LogP contribution is 2.34. The molecule has 1 aliphatic heterocycles. The number of hydrogen-bond acceptors (Lipinski definition) is 3. The molecule has 5 heteroatoms. The van der Waals surface area contributed by atoms with Crippen LogP contribution < -0.4 is 15.0 Å². The second kappa shape index (κ2) is 6.12.